The molecule has 0 unspecified atom stereocenters. The highest BCUT2D eigenvalue weighted by atomic mass is 79.9. The molecule has 0 amide bonds. The summed E-state index contributed by atoms with van der Waals surface area (Å²) in [6.07, 6.45) is 0. The van der Waals surface area contributed by atoms with Gasteiger partial charge in [-0.1, -0.05) is 15.9 Å². The molecule has 10 heavy (non-hydrogen) atoms. The SMILES string of the molecule is Cc1cc([O])cc(C)c1Br. The van der Waals surface area contributed by atoms with E-state index >= 15 is 0 Å². The van der Waals surface area contributed by atoms with E-state index in [1.807, 2.05) is 13.8 Å². The Bertz CT molecular complexity index is 232. The van der Waals surface area contributed by atoms with Crippen LogP contribution >= 0.6 is 15.9 Å². The first-order valence-electron chi connectivity index (χ1n) is 3.05. The van der Waals surface area contributed by atoms with Gasteiger partial charge in [-0.05, 0) is 37.1 Å². The predicted molar refractivity (Wildman–Crippen MR) is 43.7 cm³/mol. The fourth-order valence-corrected chi connectivity index (χ4v) is 1.14. The van der Waals surface area contributed by atoms with Crippen LogP contribution in [0.15, 0.2) is 16.6 Å². The van der Waals surface area contributed by atoms with Crippen molar-refractivity contribution in [3.63, 3.8) is 0 Å². The van der Waals surface area contributed by atoms with E-state index in [1.165, 1.54) is 0 Å². The summed E-state index contributed by atoms with van der Waals surface area (Å²) in [6.45, 7) is 3.83. The fourth-order valence-electron chi connectivity index (χ4n) is 0.906. The van der Waals surface area contributed by atoms with Crippen LogP contribution in [0.5, 0.6) is 5.75 Å². The average Bonchev–Trinajstić information content (AvgIpc) is 1.82. The molecule has 0 spiro atoms. The molecule has 2 heteroatoms. The number of benzene rings is 1. The number of hydrogen-bond donors (Lipinski definition) is 0. The summed E-state index contributed by atoms with van der Waals surface area (Å²) in [5.41, 5.74) is 2.01. The van der Waals surface area contributed by atoms with Crippen molar-refractivity contribution < 1.29 is 5.11 Å². The zero-order chi connectivity index (χ0) is 7.72. The van der Waals surface area contributed by atoms with Crippen molar-refractivity contribution in [1.82, 2.24) is 0 Å². The molecular weight excluding hydrogens is 192 g/mol. The third kappa shape index (κ3) is 1.32. The number of hydrogen-bond acceptors (Lipinski definition) is 0. The molecule has 1 aromatic carbocycles. The molecule has 1 aromatic rings. The smallest absolute Gasteiger partial charge is 0.179 e. The first-order chi connectivity index (χ1) is 4.61. The summed E-state index contributed by atoms with van der Waals surface area (Å²) in [5, 5.41) is 10.8. The molecule has 0 bridgehead atoms. The molecule has 0 saturated carbocycles. The lowest BCUT2D eigenvalue weighted by molar-refractivity contribution is 0.354. The summed E-state index contributed by atoms with van der Waals surface area (Å²) >= 11 is 3.37. The molecule has 53 valence electrons. The summed E-state index contributed by atoms with van der Waals surface area (Å²) < 4.78 is 1.03. The van der Waals surface area contributed by atoms with Crippen molar-refractivity contribution in [3.05, 3.63) is 27.7 Å². The van der Waals surface area contributed by atoms with Crippen LogP contribution in [-0.4, -0.2) is 0 Å². The van der Waals surface area contributed by atoms with Gasteiger partial charge in [-0.15, -0.1) is 0 Å². The minimum atomic E-state index is 0.0817. The van der Waals surface area contributed by atoms with Gasteiger partial charge in [-0.25, -0.2) is 0 Å². The van der Waals surface area contributed by atoms with E-state index in [9.17, 15) is 5.11 Å². The predicted octanol–water partition coefficient (Wildman–Crippen LogP) is 3.21. The van der Waals surface area contributed by atoms with E-state index < -0.39 is 0 Å². The third-order valence-corrected chi connectivity index (χ3v) is 2.66. The lowest BCUT2D eigenvalue weighted by Crippen LogP contribution is -1.79. The van der Waals surface area contributed by atoms with Crippen LogP contribution in [0.2, 0.25) is 0 Å². The normalized spacial score (nSPS) is 9.90. The van der Waals surface area contributed by atoms with Crippen LogP contribution in [0.3, 0.4) is 0 Å². The zero-order valence-corrected chi connectivity index (χ0v) is 7.53. The Kier molecular flexibility index (Phi) is 2.00. The van der Waals surface area contributed by atoms with Crippen molar-refractivity contribution in [2.24, 2.45) is 0 Å². The van der Waals surface area contributed by atoms with Gasteiger partial charge in [0.25, 0.3) is 0 Å². The summed E-state index contributed by atoms with van der Waals surface area (Å²) in [7, 11) is 0. The van der Waals surface area contributed by atoms with Gasteiger partial charge in [0.15, 0.2) is 5.75 Å². The Hall–Kier alpha value is -0.500. The lowest BCUT2D eigenvalue weighted by Gasteiger charge is -2.00. The van der Waals surface area contributed by atoms with Gasteiger partial charge < -0.3 is 0 Å². The maximum absolute atomic E-state index is 10.8. The van der Waals surface area contributed by atoms with E-state index in [2.05, 4.69) is 15.9 Å². The topological polar surface area (TPSA) is 19.9 Å². The maximum Gasteiger partial charge on any atom is 0.179 e. The average molecular weight is 200 g/mol. The van der Waals surface area contributed by atoms with E-state index in [4.69, 9.17) is 0 Å². The second kappa shape index (κ2) is 2.62. The Balaban J connectivity index is 3.31. The first kappa shape index (κ1) is 7.61. The van der Waals surface area contributed by atoms with Crippen LogP contribution in [-0.2, 0) is 5.11 Å². The fraction of sp³-hybridized carbons (Fsp3) is 0.250. The van der Waals surface area contributed by atoms with Crippen LogP contribution < -0.4 is 0 Å². The van der Waals surface area contributed by atoms with E-state index in [1.54, 1.807) is 12.1 Å². The number of halogens is 1. The van der Waals surface area contributed by atoms with Gasteiger partial charge >= 0.3 is 0 Å². The van der Waals surface area contributed by atoms with Gasteiger partial charge in [0.05, 0.1) is 0 Å². The molecule has 0 aromatic heterocycles. The quantitative estimate of drug-likeness (QED) is 0.612. The van der Waals surface area contributed by atoms with Crippen molar-refractivity contribution in [2.45, 2.75) is 13.8 Å². The summed E-state index contributed by atoms with van der Waals surface area (Å²) in [4.78, 5) is 0. The van der Waals surface area contributed by atoms with Crippen molar-refractivity contribution >= 4 is 15.9 Å². The highest BCUT2D eigenvalue weighted by Crippen LogP contribution is 2.25. The van der Waals surface area contributed by atoms with E-state index in [0.717, 1.165) is 15.6 Å². The standard InChI is InChI=1S/C8H8BrO/c1-5-3-7(10)4-6(2)8(5)9/h3-4H,1-2H3. The molecule has 0 heterocycles. The molecule has 0 fully saturated rings. The molecule has 0 saturated heterocycles. The van der Waals surface area contributed by atoms with Crippen LogP contribution in [0.4, 0.5) is 0 Å². The zero-order valence-electron chi connectivity index (χ0n) is 5.94. The van der Waals surface area contributed by atoms with Crippen LogP contribution in [0.25, 0.3) is 0 Å². The van der Waals surface area contributed by atoms with Crippen LogP contribution in [0, 0.1) is 13.8 Å². The Morgan fingerprint density at radius 1 is 1.20 bits per heavy atom. The molecule has 1 rings (SSSR count). The number of rotatable bonds is 0. The molecule has 0 atom stereocenters. The van der Waals surface area contributed by atoms with Gasteiger partial charge in [0, 0.05) is 4.47 Å². The molecule has 1 nitrogen and oxygen atoms in total. The summed E-state index contributed by atoms with van der Waals surface area (Å²) in [5.74, 6) is 0.0817. The Labute approximate surface area is 68.8 Å². The minimum absolute atomic E-state index is 0.0817. The van der Waals surface area contributed by atoms with E-state index in [0.29, 0.717) is 0 Å². The van der Waals surface area contributed by atoms with Crippen molar-refractivity contribution in [2.75, 3.05) is 0 Å². The highest BCUT2D eigenvalue weighted by molar-refractivity contribution is 9.10. The van der Waals surface area contributed by atoms with Crippen molar-refractivity contribution in [1.29, 1.82) is 0 Å². The van der Waals surface area contributed by atoms with E-state index in [-0.39, 0.29) is 5.75 Å². The molecule has 0 N–H and O–H groups in total. The second-order valence-corrected chi connectivity index (χ2v) is 3.16. The largest absolute Gasteiger partial charge is 0.290 e. The van der Waals surface area contributed by atoms with Crippen molar-refractivity contribution in [3.8, 4) is 5.75 Å². The van der Waals surface area contributed by atoms with Gasteiger partial charge in [-0.2, -0.15) is 0 Å². The Morgan fingerprint density at radius 3 is 2.00 bits per heavy atom. The molecule has 0 aliphatic carbocycles. The Morgan fingerprint density at radius 2 is 1.60 bits per heavy atom. The lowest BCUT2D eigenvalue weighted by atomic mass is 10.1. The first-order valence-corrected chi connectivity index (χ1v) is 3.84. The number of aryl methyl sites for hydroxylation is 2. The summed E-state index contributed by atoms with van der Waals surface area (Å²) in [6, 6.07) is 3.24. The highest BCUT2D eigenvalue weighted by Gasteiger charge is 2.00. The van der Waals surface area contributed by atoms with Gasteiger partial charge in [0.2, 0.25) is 0 Å². The van der Waals surface area contributed by atoms with Gasteiger partial charge in [-0.3, -0.25) is 5.11 Å². The molecular formula is C8H8BrO. The van der Waals surface area contributed by atoms with Crippen LogP contribution in [0.1, 0.15) is 11.1 Å². The monoisotopic (exact) mass is 199 g/mol. The minimum Gasteiger partial charge on any atom is -0.290 e. The second-order valence-electron chi connectivity index (χ2n) is 2.37. The molecule has 0 aliphatic heterocycles. The molecule has 1 radical (unpaired) electrons. The third-order valence-electron chi connectivity index (χ3n) is 1.41. The molecule has 0 aliphatic rings. The maximum atomic E-state index is 10.8. The van der Waals surface area contributed by atoms with Gasteiger partial charge in [0.1, 0.15) is 0 Å².